The van der Waals surface area contributed by atoms with Crippen LogP contribution in [0.4, 0.5) is 4.79 Å². The predicted molar refractivity (Wildman–Crippen MR) is 77.7 cm³/mol. The van der Waals surface area contributed by atoms with E-state index >= 15 is 0 Å². The molecule has 0 atom stereocenters. The van der Waals surface area contributed by atoms with Gasteiger partial charge in [0.2, 0.25) is 0 Å². The Morgan fingerprint density at radius 1 is 1.11 bits per heavy atom. The molecule has 1 amide bonds. The Hall–Kier alpha value is -2.03. The topological polar surface area (TPSA) is 29.5 Å². The molecule has 0 heterocycles. The molecule has 3 nitrogen and oxygen atoms in total. The van der Waals surface area contributed by atoms with Crippen LogP contribution in [0.5, 0.6) is 5.75 Å². The maximum atomic E-state index is 11.7. The van der Waals surface area contributed by atoms with Crippen LogP contribution in [-0.2, 0) is 0 Å². The highest BCUT2D eigenvalue weighted by atomic mass is 16.6. The van der Waals surface area contributed by atoms with Gasteiger partial charge in [0.15, 0.2) is 0 Å². The minimum Gasteiger partial charge on any atom is -0.410 e. The van der Waals surface area contributed by atoms with Gasteiger partial charge in [-0.25, -0.2) is 4.79 Å². The van der Waals surface area contributed by atoms with Gasteiger partial charge in [0.1, 0.15) is 5.75 Å². The van der Waals surface area contributed by atoms with Crippen LogP contribution in [0.3, 0.4) is 0 Å². The van der Waals surface area contributed by atoms with E-state index in [1.165, 1.54) is 4.90 Å². The summed E-state index contributed by atoms with van der Waals surface area (Å²) in [5.41, 5.74) is 1.08. The minimum atomic E-state index is -0.350. The second-order valence-corrected chi connectivity index (χ2v) is 5.12. The Labute approximate surface area is 113 Å². The molecule has 3 heteroatoms. The van der Waals surface area contributed by atoms with E-state index in [-0.39, 0.29) is 12.0 Å². The quantitative estimate of drug-likeness (QED) is 0.813. The molecule has 2 aromatic rings. The van der Waals surface area contributed by atoms with Crippen LogP contribution >= 0.6 is 0 Å². The summed E-state index contributed by atoms with van der Waals surface area (Å²) in [7, 11) is 3.36. The van der Waals surface area contributed by atoms with Crippen molar-refractivity contribution in [3.05, 3.63) is 42.0 Å². The molecule has 2 rings (SSSR count). The molecule has 0 aliphatic rings. The highest BCUT2D eigenvalue weighted by molar-refractivity contribution is 5.89. The molecule has 0 aliphatic carbocycles. The van der Waals surface area contributed by atoms with E-state index in [0.29, 0.717) is 5.75 Å². The average molecular weight is 257 g/mol. The van der Waals surface area contributed by atoms with Gasteiger partial charge in [0.05, 0.1) is 0 Å². The lowest BCUT2D eigenvalue weighted by Crippen LogP contribution is -2.25. The van der Waals surface area contributed by atoms with Crippen LogP contribution in [0.15, 0.2) is 36.4 Å². The van der Waals surface area contributed by atoms with Gasteiger partial charge in [0.25, 0.3) is 0 Å². The fourth-order valence-electron chi connectivity index (χ4n) is 2.15. The van der Waals surface area contributed by atoms with E-state index in [0.717, 1.165) is 16.3 Å². The molecule has 0 saturated carbocycles. The summed E-state index contributed by atoms with van der Waals surface area (Å²) < 4.78 is 5.46. The summed E-state index contributed by atoms with van der Waals surface area (Å²) >= 11 is 0. The Morgan fingerprint density at radius 3 is 2.42 bits per heavy atom. The summed E-state index contributed by atoms with van der Waals surface area (Å²) in [4.78, 5) is 13.2. The first-order valence-electron chi connectivity index (χ1n) is 6.41. The van der Waals surface area contributed by atoms with Crippen molar-refractivity contribution < 1.29 is 9.53 Å². The molecule has 0 spiro atoms. The minimum absolute atomic E-state index is 0.288. The molecule has 19 heavy (non-hydrogen) atoms. The first kappa shape index (κ1) is 13.4. The van der Waals surface area contributed by atoms with Crippen LogP contribution in [0, 0.1) is 0 Å². The van der Waals surface area contributed by atoms with Crippen LogP contribution in [0.1, 0.15) is 25.3 Å². The number of benzene rings is 2. The highest BCUT2D eigenvalue weighted by Gasteiger charge is 2.15. The van der Waals surface area contributed by atoms with E-state index < -0.39 is 0 Å². The average Bonchev–Trinajstić information content (AvgIpc) is 2.37. The summed E-state index contributed by atoms with van der Waals surface area (Å²) in [5.74, 6) is 0.934. The molecule has 100 valence electrons. The Morgan fingerprint density at radius 2 is 1.79 bits per heavy atom. The Balaban J connectivity index is 2.55. The molecule has 0 radical (unpaired) electrons. The summed E-state index contributed by atoms with van der Waals surface area (Å²) in [6, 6.07) is 12.0. The molecule has 0 saturated heterocycles. The number of hydrogen-bond donors (Lipinski definition) is 0. The van der Waals surface area contributed by atoms with Crippen LogP contribution < -0.4 is 4.74 Å². The van der Waals surface area contributed by atoms with Crippen molar-refractivity contribution in [3.8, 4) is 5.75 Å². The number of hydrogen-bond acceptors (Lipinski definition) is 2. The van der Waals surface area contributed by atoms with Gasteiger partial charge in [0, 0.05) is 19.7 Å². The molecule has 2 aromatic carbocycles. The van der Waals surface area contributed by atoms with Crippen molar-refractivity contribution in [2.75, 3.05) is 14.1 Å². The Kier molecular flexibility index (Phi) is 3.74. The van der Waals surface area contributed by atoms with Gasteiger partial charge >= 0.3 is 6.09 Å². The smallest absolute Gasteiger partial charge is 0.410 e. The van der Waals surface area contributed by atoms with E-state index in [1.54, 1.807) is 14.1 Å². The van der Waals surface area contributed by atoms with Gasteiger partial charge in [-0.3, -0.25) is 0 Å². The fraction of sp³-hybridized carbons (Fsp3) is 0.312. The number of rotatable bonds is 2. The van der Waals surface area contributed by atoms with Crippen molar-refractivity contribution >= 4 is 16.9 Å². The fourth-order valence-corrected chi connectivity index (χ4v) is 2.15. The number of nitrogens with zero attached hydrogens (tertiary/aromatic N) is 1. The highest BCUT2D eigenvalue weighted by Crippen LogP contribution is 2.34. The molecule has 0 aromatic heterocycles. The third kappa shape index (κ3) is 2.70. The number of fused-ring (bicyclic) bond motifs is 1. The second kappa shape index (κ2) is 5.31. The van der Waals surface area contributed by atoms with Gasteiger partial charge < -0.3 is 9.64 Å². The zero-order chi connectivity index (χ0) is 14.0. The largest absolute Gasteiger partial charge is 0.414 e. The summed E-state index contributed by atoms with van der Waals surface area (Å²) in [6.45, 7) is 4.21. The van der Waals surface area contributed by atoms with E-state index in [4.69, 9.17) is 4.74 Å². The monoisotopic (exact) mass is 257 g/mol. The third-order valence-corrected chi connectivity index (χ3v) is 3.07. The normalized spacial score (nSPS) is 10.8. The van der Waals surface area contributed by atoms with Gasteiger partial charge in [-0.05, 0) is 22.8 Å². The SMILES string of the molecule is CC(C)c1c(OC(=O)N(C)C)ccc2ccccc12. The van der Waals surface area contributed by atoms with Crippen LogP contribution in [-0.4, -0.2) is 25.1 Å². The van der Waals surface area contributed by atoms with Crippen molar-refractivity contribution in [1.82, 2.24) is 4.90 Å². The van der Waals surface area contributed by atoms with Gasteiger partial charge in [-0.15, -0.1) is 0 Å². The molecule has 0 unspecified atom stereocenters. The molecule has 0 N–H and O–H groups in total. The maximum Gasteiger partial charge on any atom is 0.414 e. The zero-order valence-corrected chi connectivity index (χ0v) is 11.8. The number of amides is 1. The summed E-state index contributed by atoms with van der Waals surface area (Å²) in [6.07, 6.45) is -0.350. The molecule has 0 fully saturated rings. The van der Waals surface area contributed by atoms with Crippen molar-refractivity contribution in [2.45, 2.75) is 19.8 Å². The third-order valence-electron chi connectivity index (χ3n) is 3.07. The summed E-state index contributed by atoms with van der Waals surface area (Å²) in [5, 5.41) is 2.30. The van der Waals surface area contributed by atoms with Crippen molar-refractivity contribution in [3.63, 3.8) is 0 Å². The van der Waals surface area contributed by atoms with Crippen molar-refractivity contribution in [1.29, 1.82) is 0 Å². The van der Waals surface area contributed by atoms with Crippen LogP contribution in [0.2, 0.25) is 0 Å². The van der Waals surface area contributed by atoms with Crippen LogP contribution in [0.25, 0.3) is 10.8 Å². The van der Waals surface area contributed by atoms with Crippen molar-refractivity contribution in [2.24, 2.45) is 0 Å². The predicted octanol–water partition coefficient (Wildman–Crippen LogP) is 4.02. The standard InChI is InChI=1S/C16H19NO2/c1-11(2)15-13-8-6-5-7-12(13)9-10-14(15)19-16(18)17(3)4/h5-11H,1-4H3. The lowest BCUT2D eigenvalue weighted by Gasteiger charge is -2.17. The number of carbonyl (C=O) groups is 1. The molecule has 0 bridgehead atoms. The maximum absolute atomic E-state index is 11.7. The van der Waals surface area contributed by atoms with E-state index in [1.807, 2.05) is 24.3 Å². The van der Waals surface area contributed by atoms with Gasteiger partial charge in [-0.1, -0.05) is 44.2 Å². The zero-order valence-electron chi connectivity index (χ0n) is 11.8. The molecular weight excluding hydrogens is 238 g/mol. The number of carbonyl (C=O) groups excluding carboxylic acids is 1. The first-order valence-corrected chi connectivity index (χ1v) is 6.41. The second-order valence-electron chi connectivity index (χ2n) is 5.12. The van der Waals surface area contributed by atoms with Gasteiger partial charge in [-0.2, -0.15) is 0 Å². The Bertz CT molecular complexity index is 603. The lowest BCUT2D eigenvalue weighted by atomic mass is 9.95. The molecule has 0 aliphatic heterocycles. The van der Waals surface area contributed by atoms with E-state index in [2.05, 4.69) is 26.0 Å². The first-order chi connectivity index (χ1) is 9.00. The number of ether oxygens (including phenoxy) is 1. The van der Waals surface area contributed by atoms with E-state index in [9.17, 15) is 4.79 Å². The lowest BCUT2D eigenvalue weighted by molar-refractivity contribution is 0.171. The molecular formula is C16H19NO2.